The quantitative estimate of drug-likeness (QED) is 0.749. The predicted molar refractivity (Wildman–Crippen MR) is 81.9 cm³/mol. The molecule has 0 bridgehead atoms. The van der Waals surface area contributed by atoms with Gasteiger partial charge < -0.3 is 0 Å². The summed E-state index contributed by atoms with van der Waals surface area (Å²) in [6.07, 6.45) is 3.71. The molecule has 1 heterocycles. The van der Waals surface area contributed by atoms with Crippen molar-refractivity contribution in [2.45, 2.75) is 0 Å². The standard InChI is InChI=1S/C17H11FN4/c18-15-6-2-4-13(10-15)8-7-12-3-1-5-14(9-12)17-16(11-19)20-22-21-17/h1-10H,(H,20,21,22)/b8-7+. The number of nitrogens with zero attached hydrogens (tertiary/aromatic N) is 3. The van der Waals surface area contributed by atoms with Gasteiger partial charge >= 0.3 is 0 Å². The van der Waals surface area contributed by atoms with E-state index in [4.69, 9.17) is 5.26 Å². The van der Waals surface area contributed by atoms with Crippen LogP contribution in [0.4, 0.5) is 4.39 Å². The second-order valence-electron chi connectivity index (χ2n) is 4.66. The van der Waals surface area contributed by atoms with Crippen molar-refractivity contribution in [3.63, 3.8) is 0 Å². The summed E-state index contributed by atoms with van der Waals surface area (Å²) in [6.45, 7) is 0. The van der Waals surface area contributed by atoms with Crippen molar-refractivity contribution in [3.8, 4) is 17.3 Å². The van der Waals surface area contributed by atoms with Crippen molar-refractivity contribution >= 4 is 12.2 Å². The lowest BCUT2D eigenvalue weighted by Gasteiger charge is -1.99. The van der Waals surface area contributed by atoms with E-state index in [2.05, 4.69) is 15.4 Å². The van der Waals surface area contributed by atoms with Crippen LogP contribution in [0.15, 0.2) is 48.5 Å². The average Bonchev–Trinajstić information content (AvgIpc) is 3.02. The fourth-order valence-corrected chi connectivity index (χ4v) is 2.10. The van der Waals surface area contributed by atoms with Crippen molar-refractivity contribution in [1.29, 1.82) is 5.26 Å². The first-order valence-corrected chi connectivity index (χ1v) is 6.61. The Kier molecular flexibility index (Phi) is 3.75. The predicted octanol–water partition coefficient (Wildman–Crippen LogP) is 3.65. The third-order valence-corrected chi connectivity index (χ3v) is 3.14. The minimum atomic E-state index is -0.267. The molecule has 0 unspecified atom stereocenters. The summed E-state index contributed by atoms with van der Waals surface area (Å²) in [4.78, 5) is 0. The zero-order valence-electron chi connectivity index (χ0n) is 11.5. The molecule has 0 radical (unpaired) electrons. The van der Waals surface area contributed by atoms with Crippen LogP contribution in [0.2, 0.25) is 0 Å². The third-order valence-electron chi connectivity index (χ3n) is 3.14. The van der Waals surface area contributed by atoms with Crippen LogP contribution in [0.1, 0.15) is 16.8 Å². The SMILES string of the molecule is N#Cc1[nH]nnc1-c1cccc(/C=C/c2cccc(F)c2)c1. The summed E-state index contributed by atoms with van der Waals surface area (Å²) >= 11 is 0. The van der Waals surface area contributed by atoms with Gasteiger partial charge in [0.05, 0.1) is 0 Å². The molecule has 0 aliphatic rings. The van der Waals surface area contributed by atoms with E-state index < -0.39 is 0 Å². The number of rotatable bonds is 3. The van der Waals surface area contributed by atoms with Crippen LogP contribution in [-0.4, -0.2) is 15.4 Å². The number of benzene rings is 2. The molecule has 22 heavy (non-hydrogen) atoms. The Morgan fingerprint density at radius 1 is 1.05 bits per heavy atom. The lowest BCUT2D eigenvalue weighted by Crippen LogP contribution is -1.83. The first-order chi connectivity index (χ1) is 10.8. The zero-order valence-corrected chi connectivity index (χ0v) is 11.5. The van der Waals surface area contributed by atoms with Crippen LogP contribution >= 0.6 is 0 Å². The second-order valence-corrected chi connectivity index (χ2v) is 4.66. The lowest BCUT2D eigenvalue weighted by atomic mass is 10.1. The fourth-order valence-electron chi connectivity index (χ4n) is 2.10. The van der Waals surface area contributed by atoms with Crippen molar-refractivity contribution in [3.05, 3.63) is 71.2 Å². The van der Waals surface area contributed by atoms with Crippen LogP contribution in [0.5, 0.6) is 0 Å². The topological polar surface area (TPSA) is 65.4 Å². The Labute approximate surface area is 126 Å². The number of H-pyrrole nitrogens is 1. The molecular formula is C17H11FN4. The van der Waals surface area contributed by atoms with Gasteiger partial charge in [0.2, 0.25) is 0 Å². The molecule has 3 rings (SSSR count). The molecule has 0 saturated heterocycles. The van der Waals surface area contributed by atoms with Crippen LogP contribution in [0.3, 0.4) is 0 Å². The van der Waals surface area contributed by atoms with Crippen molar-refractivity contribution in [2.75, 3.05) is 0 Å². The van der Waals surface area contributed by atoms with Gasteiger partial charge in [-0.05, 0) is 29.3 Å². The summed E-state index contributed by atoms with van der Waals surface area (Å²) in [5.41, 5.74) is 3.35. The first-order valence-electron chi connectivity index (χ1n) is 6.61. The molecule has 1 aromatic heterocycles. The molecule has 0 atom stereocenters. The van der Waals surface area contributed by atoms with Gasteiger partial charge in [0.1, 0.15) is 17.6 Å². The van der Waals surface area contributed by atoms with Crippen LogP contribution in [0.25, 0.3) is 23.4 Å². The van der Waals surface area contributed by atoms with E-state index in [0.29, 0.717) is 11.4 Å². The van der Waals surface area contributed by atoms with E-state index in [-0.39, 0.29) is 5.82 Å². The van der Waals surface area contributed by atoms with Gasteiger partial charge in [0, 0.05) is 5.56 Å². The fraction of sp³-hybridized carbons (Fsp3) is 0. The highest BCUT2D eigenvalue weighted by Crippen LogP contribution is 2.21. The average molecular weight is 290 g/mol. The Morgan fingerprint density at radius 2 is 1.77 bits per heavy atom. The minimum absolute atomic E-state index is 0.267. The molecule has 0 fully saturated rings. The number of nitrogens with one attached hydrogen (secondary N) is 1. The highest BCUT2D eigenvalue weighted by molar-refractivity contribution is 5.73. The molecule has 2 aromatic carbocycles. The second kappa shape index (κ2) is 6.02. The number of aromatic nitrogens is 3. The number of halogens is 1. The maximum atomic E-state index is 13.1. The van der Waals surface area contributed by atoms with E-state index in [1.165, 1.54) is 12.1 Å². The van der Waals surface area contributed by atoms with E-state index in [1.54, 1.807) is 6.07 Å². The summed E-state index contributed by atoms with van der Waals surface area (Å²) in [5.74, 6) is -0.267. The molecule has 0 spiro atoms. The molecule has 5 heteroatoms. The summed E-state index contributed by atoms with van der Waals surface area (Å²) < 4.78 is 13.1. The number of aromatic amines is 1. The highest BCUT2D eigenvalue weighted by Gasteiger charge is 2.08. The summed E-state index contributed by atoms with van der Waals surface area (Å²) in [7, 11) is 0. The Morgan fingerprint density at radius 3 is 2.50 bits per heavy atom. The molecule has 0 aliphatic carbocycles. The smallest absolute Gasteiger partial charge is 0.163 e. The van der Waals surface area contributed by atoms with E-state index in [0.717, 1.165) is 16.7 Å². The normalized spacial score (nSPS) is 10.7. The molecule has 106 valence electrons. The molecule has 4 nitrogen and oxygen atoms in total. The molecule has 0 aliphatic heterocycles. The third kappa shape index (κ3) is 2.91. The monoisotopic (exact) mass is 290 g/mol. The van der Waals surface area contributed by atoms with Gasteiger partial charge in [-0.1, -0.05) is 47.7 Å². The van der Waals surface area contributed by atoms with E-state index >= 15 is 0 Å². The van der Waals surface area contributed by atoms with Gasteiger partial charge in [-0.3, -0.25) is 0 Å². The molecule has 3 aromatic rings. The van der Waals surface area contributed by atoms with E-state index in [1.807, 2.05) is 48.6 Å². The van der Waals surface area contributed by atoms with Gasteiger partial charge in [-0.2, -0.15) is 5.26 Å². The number of hydrogen-bond acceptors (Lipinski definition) is 3. The highest BCUT2D eigenvalue weighted by atomic mass is 19.1. The number of nitriles is 1. The molecule has 0 amide bonds. The Hall–Kier alpha value is -3.26. The Bertz CT molecular complexity index is 874. The summed E-state index contributed by atoms with van der Waals surface area (Å²) in [5, 5.41) is 19.1. The van der Waals surface area contributed by atoms with Crippen LogP contribution in [0, 0.1) is 17.1 Å². The van der Waals surface area contributed by atoms with Crippen LogP contribution < -0.4 is 0 Å². The van der Waals surface area contributed by atoms with Gasteiger partial charge in [-0.15, -0.1) is 5.10 Å². The minimum Gasteiger partial charge on any atom is -0.247 e. The lowest BCUT2D eigenvalue weighted by molar-refractivity contribution is 0.627. The maximum Gasteiger partial charge on any atom is 0.163 e. The maximum absolute atomic E-state index is 13.1. The van der Waals surface area contributed by atoms with Gasteiger partial charge in [0.15, 0.2) is 5.69 Å². The molecular weight excluding hydrogens is 279 g/mol. The Balaban J connectivity index is 1.90. The van der Waals surface area contributed by atoms with Gasteiger partial charge in [0.25, 0.3) is 0 Å². The molecule has 0 saturated carbocycles. The van der Waals surface area contributed by atoms with Crippen molar-refractivity contribution in [2.24, 2.45) is 0 Å². The largest absolute Gasteiger partial charge is 0.247 e. The van der Waals surface area contributed by atoms with Crippen LogP contribution in [-0.2, 0) is 0 Å². The van der Waals surface area contributed by atoms with Crippen molar-refractivity contribution < 1.29 is 4.39 Å². The zero-order chi connectivity index (χ0) is 15.4. The summed E-state index contributed by atoms with van der Waals surface area (Å²) in [6, 6.07) is 15.9. The van der Waals surface area contributed by atoms with E-state index in [9.17, 15) is 4.39 Å². The molecule has 1 N–H and O–H groups in total. The number of hydrogen-bond donors (Lipinski definition) is 1. The van der Waals surface area contributed by atoms with Gasteiger partial charge in [-0.25, -0.2) is 9.49 Å². The van der Waals surface area contributed by atoms with Crippen molar-refractivity contribution in [1.82, 2.24) is 15.4 Å². The first kappa shape index (κ1) is 13.7.